The minimum atomic E-state index is -0.285. The van der Waals surface area contributed by atoms with Gasteiger partial charge < -0.3 is 4.18 Å². The van der Waals surface area contributed by atoms with Crippen molar-refractivity contribution in [3.8, 4) is 0 Å². The highest BCUT2D eigenvalue weighted by molar-refractivity contribution is 7.95. The van der Waals surface area contributed by atoms with E-state index in [1.54, 1.807) is 0 Å². The fraction of sp³-hybridized carbons (Fsp3) is 0.800. The van der Waals surface area contributed by atoms with Gasteiger partial charge in [-0.25, -0.2) is 4.79 Å². The maximum atomic E-state index is 11.2. The summed E-state index contributed by atoms with van der Waals surface area (Å²) in [4.78, 5) is 11.2. The molecule has 0 aromatic heterocycles. The van der Waals surface area contributed by atoms with Gasteiger partial charge in [0, 0.05) is 11.3 Å². The van der Waals surface area contributed by atoms with E-state index in [4.69, 9.17) is 4.18 Å². The Morgan fingerprint density at radius 3 is 2.67 bits per heavy atom. The first-order chi connectivity index (χ1) is 8.78. The van der Waals surface area contributed by atoms with Crippen LogP contribution in [0.2, 0.25) is 0 Å². The van der Waals surface area contributed by atoms with Gasteiger partial charge >= 0.3 is 5.97 Å². The fourth-order valence-electron chi connectivity index (χ4n) is 5.76. The normalized spacial score (nSPS) is 51.4. The number of hydrogen-bond donors (Lipinski definition) is 0. The molecule has 2 nitrogen and oxygen atoms in total. The van der Waals surface area contributed by atoms with E-state index in [-0.39, 0.29) is 5.97 Å². The number of rotatable bonds is 3. The van der Waals surface area contributed by atoms with Gasteiger partial charge in [0.05, 0.1) is 12.0 Å². The van der Waals surface area contributed by atoms with Crippen LogP contribution in [0.5, 0.6) is 0 Å². The van der Waals surface area contributed by atoms with Gasteiger partial charge in [-0.15, -0.1) is 0 Å². The minimum absolute atomic E-state index is 0.285. The second-order valence-electron chi connectivity index (χ2n) is 6.62. The van der Waals surface area contributed by atoms with Crippen LogP contribution in [0.15, 0.2) is 12.7 Å². The number of carbonyl (C=O) groups excluding carboxylic acids is 1. The molecule has 0 aromatic carbocycles. The van der Waals surface area contributed by atoms with E-state index in [1.807, 2.05) is 0 Å². The third kappa shape index (κ3) is 1.46. The predicted molar refractivity (Wildman–Crippen MR) is 71.7 cm³/mol. The molecular weight excluding hydrogens is 244 g/mol. The lowest BCUT2D eigenvalue weighted by molar-refractivity contribution is -0.127. The first-order valence-corrected chi connectivity index (χ1v) is 8.08. The first-order valence-electron chi connectivity index (χ1n) is 7.27. The summed E-state index contributed by atoms with van der Waals surface area (Å²) in [6.07, 6.45) is 8.43. The molecule has 98 valence electrons. The van der Waals surface area contributed by atoms with E-state index >= 15 is 0 Å². The molecule has 0 amide bonds. The highest BCUT2D eigenvalue weighted by atomic mass is 32.2. The highest BCUT2D eigenvalue weighted by Crippen LogP contribution is 2.68. The molecule has 0 spiro atoms. The summed E-state index contributed by atoms with van der Waals surface area (Å²) in [5, 5.41) is 0.569. The Bertz CT molecular complexity index is 394. The summed E-state index contributed by atoms with van der Waals surface area (Å²) in [7, 11) is 0. The Morgan fingerprint density at radius 2 is 1.89 bits per heavy atom. The average Bonchev–Trinajstić information content (AvgIpc) is 3.11. The third-order valence-corrected chi connectivity index (χ3v) is 7.14. The van der Waals surface area contributed by atoms with Crippen molar-refractivity contribution in [2.75, 3.05) is 0 Å². The lowest BCUT2D eigenvalue weighted by atomic mass is 9.71. The van der Waals surface area contributed by atoms with Crippen LogP contribution in [0.3, 0.4) is 0 Å². The van der Waals surface area contributed by atoms with Crippen LogP contribution < -0.4 is 0 Å². The van der Waals surface area contributed by atoms with Gasteiger partial charge in [-0.05, 0) is 67.6 Å². The van der Waals surface area contributed by atoms with E-state index < -0.39 is 0 Å². The van der Waals surface area contributed by atoms with Crippen molar-refractivity contribution in [2.24, 2.45) is 35.5 Å². The van der Waals surface area contributed by atoms with Crippen molar-refractivity contribution in [1.82, 2.24) is 0 Å². The standard InChI is InChI=1S/C15H20O2S/c1-2-13(16)17-18-12-7-10-6-11(12)15-9-4-3-8(5-9)14(10)15/h2,8-12,14-15H,1,3-7H2. The van der Waals surface area contributed by atoms with Crippen molar-refractivity contribution in [2.45, 2.75) is 37.4 Å². The van der Waals surface area contributed by atoms with Crippen molar-refractivity contribution < 1.29 is 8.98 Å². The summed E-state index contributed by atoms with van der Waals surface area (Å²) in [6.45, 7) is 3.45. The summed E-state index contributed by atoms with van der Waals surface area (Å²) < 4.78 is 5.22. The number of hydrogen-bond acceptors (Lipinski definition) is 3. The molecule has 0 saturated heterocycles. The van der Waals surface area contributed by atoms with Crippen molar-refractivity contribution >= 4 is 18.0 Å². The lowest BCUT2D eigenvalue weighted by Crippen LogP contribution is -2.34. The largest absolute Gasteiger partial charge is 0.388 e. The molecule has 3 heteroatoms. The van der Waals surface area contributed by atoms with E-state index in [2.05, 4.69) is 6.58 Å². The zero-order valence-corrected chi connectivity index (χ0v) is 11.4. The van der Waals surface area contributed by atoms with Crippen LogP contribution in [0.1, 0.15) is 32.1 Å². The maximum absolute atomic E-state index is 11.2. The van der Waals surface area contributed by atoms with Crippen molar-refractivity contribution in [1.29, 1.82) is 0 Å². The third-order valence-electron chi connectivity index (χ3n) is 6.09. The summed E-state index contributed by atoms with van der Waals surface area (Å²) in [5.41, 5.74) is 0. The van der Waals surface area contributed by atoms with E-state index in [0.717, 1.165) is 35.5 Å². The quantitative estimate of drug-likeness (QED) is 0.444. The van der Waals surface area contributed by atoms with E-state index in [0.29, 0.717) is 5.25 Å². The molecule has 4 rings (SSSR count). The topological polar surface area (TPSA) is 26.3 Å². The van der Waals surface area contributed by atoms with Crippen LogP contribution in [0.4, 0.5) is 0 Å². The Morgan fingerprint density at radius 1 is 1.11 bits per heavy atom. The molecule has 18 heavy (non-hydrogen) atoms. The van der Waals surface area contributed by atoms with E-state index in [1.165, 1.54) is 50.2 Å². The average molecular weight is 264 g/mol. The molecule has 0 radical (unpaired) electrons. The molecule has 4 saturated carbocycles. The van der Waals surface area contributed by atoms with Crippen LogP contribution in [0.25, 0.3) is 0 Å². The maximum Gasteiger partial charge on any atom is 0.342 e. The summed E-state index contributed by atoms with van der Waals surface area (Å²) >= 11 is 1.44. The summed E-state index contributed by atoms with van der Waals surface area (Å²) in [6, 6.07) is 0. The van der Waals surface area contributed by atoms with Gasteiger partial charge in [0.2, 0.25) is 0 Å². The van der Waals surface area contributed by atoms with Crippen LogP contribution >= 0.6 is 12.0 Å². The number of carbonyl (C=O) groups is 1. The van der Waals surface area contributed by atoms with Crippen molar-refractivity contribution in [3.63, 3.8) is 0 Å². The molecule has 0 heterocycles. The molecular formula is C15H20O2S. The lowest BCUT2D eigenvalue weighted by Gasteiger charge is -2.37. The SMILES string of the molecule is C=CC(=O)OSC1CC2CC1C1C3CCC(C3)C21. The smallest absolute Gasteiger partial charge is 0.342 e. The van der Waals surface area contributed by atoms with Gasteiger partial charge in [-0.1, -0.05) is 6.58 Å². The molecule has 7 atom stereocenters. The van der Waals surface area contributed by atoms with Gasteiger partial charge in [-0.3, -0.25) is 0 Å². The zero-order valence-electron chi connectivity index (χ0n) is 10.6. The molecule has 7 unspecified atom stereocenters. The first kappa shape index (κ1) is 11.4. The monoisotopic (exact) mass is 264 g/mol. The van der Waals surface area contributed by atoms with Crippen LogP contribution in [0, 0.1) is 35.5 Å². The minimum Gasteiger partial charge on any atom is -0.388 e. The van der Waals surface area contributed by atoms with Crippen molar-refractivity contribution in [3.05, 3.63) is 12.7 Å². The molecule has 0 aromatic rings. The Hall–Kier alpha value is -0.440. The Balaban J connectivity index is 1.45. The second kappa shape index (κ2) is 4.03. The fourth-order valence-corrected chi connectivity index (χ4v) is 6.81. The number of fused-ring (bicyclic) bond motifs is 9. The van der Waals surface area contributed by atoms with Gasteiger partial charge in [0.15, 0.2) is 0 Å². The molecule has 4 aliphatic rings. The van der Waals surface area contributed by atoms with Gasteiger partial charge in [-0.2, -0.15) is 0 Å². The molecule has 4 bridgehead atoms. The van der Waals surface area contributed by atoms with Crippen LogP contribution in [-0.4, -0.2) is 11.2 Å². The Labute approximate surface area is 113 Å². The van der Waals surface area contributed by atoms with Gasteiger partial charge in [0.1, 0.15) is 0 Å². The molecule has 4 fully saturated rings. The molecule has 4 aliphatic carbocycles. The predicted octanol–water partition coefficient (Wildman–Crippen LogP) is 3.43. The second-order valence-corrected chi connectivity index (χ2v) is 7.59. The molecule has 0 aliphatic heterocycles. The van der Waals surface area contributed by atoms with Crippen LogP contribution in [-0.2, 0) is 8.98 Å². The Kier molecular flexibility index (Phi) is 2.55. The van der Waals surface area contributed by atoms with Gasteiger partial charge in [0.25, 0.3) is 0 Å². The summed E-state index contributed by atoms with van der Waals surface area (Å²) in [5.74, 6) is 5.56. The highest BCUT2D eigenvalue weighted by Gasteiger charge is 2.62. The van der Waals surface area contributed by atoms with E-state index in [9.17, 15) is 4.79 Å². The molecule has 0 N–H and O–H groups in total. The zero-order chi connectivity index (χ0) is 12.3.